The highest BCUT2D eigenvalue weighted by atomic mass is 32.2. The Morgan fingerprint density at radius 1 is 1.23 bits per heavy atom. The van der Waals surface area contributed by atoms with E-state index in [1.165, 1.54) is 31.5 Å². The fourth-order valence-corrected chi connectivity index (χ4v) is 4.79. The average molecular weight is 446 g/mol. The highest BCUT2D eigenvalue weighted by molar-refractivity contribution is 7.93. The van der Waals surface area contributed by atoms with Crippen LogP contribution in [0.3, 0.4) is 0 Å². The summed E-state index contributed by atoms with van der Waals surface area (Å²) in [6.07, 6.45) is 1.49. The highest BCUT2D eigenvalue weighted by Gasteiger charge is 2.19. The van der Waals surface area contributed by atoms with Crippen molar-refractivity contribution in [3.05, 3.63) is 64.0 Å². The number of aromatic nitrogens is 3. The van der Waals surface area contributed by atoms with E-state index in [0.717, 1.165) is 11.3 Å². The molecule has 0 bridgehead atoms. The molecule has 2 aromatic carbocycles. The third-order valence-corrected chi connectivity index (χ3v) is 6.50. The summed E-state index contributed by atoms with van der Waals surface area (Å²) < 4.78 is 46.0. The molecular weight excluding hydrogens is 431 g/mol. The molecule has 0 unspecified atom stereocenters. The third-order valence-electron chi connectivity index (χ3n) is 4.34. The van der Waals surface area contributed by atoms with Crippen LogP contribution in [-0.2, 0) is 16.7 Å². The van der Waals surface area contributed by atoms with E-state index in [9.17, 15) is 17.6 Å². The van der Waals surface area contributed by atoms with E-state index in [4.69, 9.17) is 4.74 Å². The summed E-state index contributed by atoms with van der Waals surface area (Å²) >= 11 is 1.15. The fraction of sp³-hybridized carbons (Fsp3) is 0.105. The number of H-pyrrole nitrogens is 1. The van der Waals surface area contributed by atoms with E-state index < -0.39 is 22.4 Å². The number of ether oxygens (including phenoxy) is 1. The van der Waals surface area contributed by atoms with E-state index >= 15 is 0 Å². The average Bonchev–Trinajstić information content (AvgIpc) is 3.24. The van der Waals surface area contributed by atoms with E-state index in [2.05, 4.69) is 19.7 Å². The maximum atomic E-state index is 13.0. The molecule has 0 radical (unpaired) electrons. The van der Waals surface area contributed by atoms with Gasteiger partial charge in [0.15, 0.2) is 5.13 Å². The summed E-state index contributed by atoms with van der Waals surface area (Å²) in [7, 11) is -2.46. The molecule has 0 fully saturated rings. The van der Waals surface area contributed by atoms with Crippen molar-refractivity contribution in [3.63, 3.8) is 0 Å². The summed E-state index contributed by atoms with van der Waals surface area (Å²) in [5, 5.41) is 2.39. The summed E-state index contributed by atoms with van der Waals surface area (Å²) in [6.45, 7) is -0.659. The molecule has 0 aliphatic heterocycles. The Morgan fingerprint density at radius 2 is 2.07 bits per heavy atom. The van der Waals surface area contributed by atoms with Gasteiger partial charge in [-0.1, -0.05) is 6.07 Å². The van der Waals surface area contributed by atoms with Gasteiger partial charge in [0.2, 0.25) is 0 Å². The van der Waals surface area contributed by atoms with E-state index in [1.54, 1.807) is 23.6 Å². The lowest BCUT2D eigenvalue weighted by molar-refractivity contribution is 0.413. The molecule has 2 N–H and O–H groups in total. The van der Waals surface area contributed by atoms with Gasteiger partial charge < -0.3 is 9.72 Å². The molecule has 4 rings (SSSR count). The van der Waals surface area contributed by atoms with Crippen LogP contribution >= 0.6 is 11.3 Å². The van der Waals surface area contributed by atoms with Gasteiger partial charge in [-0.25, -0.2) is 22.6 Å². The number of nitrogens with one attached hydrogen (secondary N) is 2. The van der Waals surface area contributed by atoms with Gasteiger partial charge in [-0.15, -0.1) is 11.3 Å². The Labute approximate surface area is 174 Å². The number of sulfonamides is 1. The second-order valence-corrected chi connectivity index (χ2v) is 8.79. The Hall–Kier alpha value is -3.31. The van der Waals surface area contributed by atoms with Crippen LogP contribution in [-0.4, -0.2) is 30.5 Å². The first-order chi connectivity index (χ1) is 14.4. The quantitative estimate of drug-likeness (QED) is 0.470. The molecule has 0 amide bonds. The maximum absolute atomic E-state index is 13.0. The van der Waals surface area contributed by atoms with Crippen LogP contribution in [0.15, 0.2) is 57.7 Å². The van der Waals surface area contributed by atoms with Crippen LogP contribution in [0.5, 0.6) is 5.75 Å². The lowest BCUT2D eigenvalue weighted by atomic mass is 10.0. The molecule has 0 saturated carbocycles. The number of benzene rings is 2. The number of fused-ring (bicyclic) bond motifs is 1. The van der Waals surface area contributed by atoms with Crippen molar-refractivity contribution in [1.29, 1.82) is 0 Å². The normalized spacial score (nSPS) is 11.5. The predicted molar refractivity (Wildman–Crippen MR) is 112 cm³/mol. The van der Waals surface area contributed by atoms with Crippen molar-refractivity contribution in [2.24, 2.45) is 0 Å². The zero-order chi connectivity index (χ0) is 21.3. The number of aromatic amines is 1. The number of halogens is 1. The zero-order valence-electron chi connectivity index (χ0n) is 15.5. The summed E-state index contributed by atoms with van der Waals surface area (Å²) in [6, 6.07) is 9.02. The van der Waals surface area contributed by atoms with E-state index in [1.807, 2.05) is 0 Å². The minimum atomic E-state index is -3.90. The Balaban J connectivity index is 1.86. The van der Waals surface area contributed by atoms with Crippen LogP contribution in [0, 0.1) is 0 Å². The molecular formula is C19H15FN4O4S2. The predicted octanol–water partition coefficient (Wildman–Crippen LogP) is 3.33. The van der Waals surface area contributed by atoms with Gasteiger partial charge in [-0.05, 0) is 35.9 Å². The van der Waals surface area contributed by atoms with Crippen LogP contribution < -0.4 is 15.1 Å². The summed E-state index contributed by atoms with van der Waals surface area (Å²) in [5.74, 6) is 0.353. The number of rotatable bonds is 6. The first kappa shape index (κ1) is 20.0. The summed E-state index contributed by atoms with van der Waals surface area (Å²) in [4.78, 5) is 22.6. The number of hydrogen-bond acceptors (Lipinski definition) is 7. The van der Waals surface area contributed by atoms with E-state index in [-0.39, 0.29) is 15.5 Å². The Bertz CT molecular complexity index is 1390. The number of methoxy groups -OCH3 is 1. The van der Waals surface area contributed by atoms with Crippen molar-refractivity contribution < 1.29 is 17.5 Å². The van der Waals surface area contributed by atoms with Gasteiger partial charge in [0.25, 0.3) is 10.0 Å². The lowest BCUT2D eigenvalue weighted by Gasteiger charge is -2.12. The molecule has 30 heavy (non-hydrogen) atoms. The minimum Gasteiger partial charge on any atom is -0.496 e. The molecule has 0 aliphatic carbocycles. The standard InChI is InChI=1S/C19H15FN4O4S2/c1-28-16-8-11(10-20)2-4-14(16)17-13-5-3-12(9-15(13)22-18(25)23-17)30(26,27)24-19-21-6-7-29-19/h2-9H,10H2,1H3,(H,21,24)(H,22,23,25). The zero-order valence-corrected chi connectivity index (χ0v) is 17.2. The lowest BCUT2D eigenvalue weighted by Crippen LogP contribution is -2.15. The van der Waals surface area contributed by atoms with Crippen molar-refractivity contribution >= 4 is 37.4 Å². The molecule has 4 aromatic rings. The number of alkyl halides is 1. The van der Waals surface area contributed by atoms with Crippen molar-refractivity contribution in [3.8, 4) is 17.0 Å². The number of anilines is 1. The smallest absolute Gasteiger partial charge is 0.345 e. The molecule has 2 aromatic heterocycles. The molecule has 11 heteroatoms. The van der Waals surface area contributed by atoms with Crippen molar-refractivity contribution in [2.45, 2.75) is 11.6 Å². The fourth-order valence-electron chi connectivity index (χ4n) is 2.97. The molecule has 2 heterocycles. The molecule has 0 saturated heterocycles. The minimum absolute atomic E-state index is 0.0438. The van der Waals surface area contributed by atoms with Crippen molar-refractivity contribution in [2.75, 3.05) is 11.8 Å². The first-order valence-electron chi connectivity index (χ1n) is 8.61. The SMILES string of the molecule is COc1cc(CF)ccc1-c1nc(=O)[nH]c2cc(S(=O)(=O)Nc3nccs3)ccc12. The number of nitrogens with zero attached hydrogens (tertiary/aromatic N) is 2. The molecule has 0 aliphatic rings. The Morgan fingerprint density at radius 3 is 2.77 bits per heavy atom. The van der Waals surface area contributed by atoms with Gasteiger partial charge in [0, 0.05) is 22.5 Å². The second-order valence-electron chi connectivity index (χ2n) is 6.21. The monoisotopic (exact) mass is 446 g/mol. The molecule has 154 valence electrons. The third kappa shape index (κ3) is 3.76. The van der Waals surface area contributed by atoms with Crippen LogP contribution in [0.2, 0.25) is 0 Å². The van der Waals surface area contributed by atoms with Gasteiger partial charge in [0.1, 0.15) is 12.4 Å². The molecule has 8 nitrogen and oxygen atoms in total. The van der Waals surface area contributed by atoms with Crippen LogP contribution in [0.25, 0.3) is 22.2 Å². The van der Waals surface area contributed by atoms with E-state index in [0.29, 0.717) is 28.0 Å². The largest absolute Gasteiger partial charge is 0.496 e. The van der Waals surface area contributed by atoms with Crippen LogP contribution in [0.4, 0.5) is 9.52 Å². The maximum Gasteiger partial charge on any atom is 0.345 e. The topological polar surface area (TPSA) is 114 Å². The van der Waals surface area contributed by atoms with Gasteiger partial charge >= 0.3 is 5.69 Å². The first-order valence-corrected chi connectivity index (χ1v) is 11.0. The Kier molecular flexibility index (Phi) is 5.22. The number of hydrogen-bond donors (Lipinski definition) is 2. The summed E-state index contributed by atoms with van der Waals surface area (Å²) in [5.41, 5.74) is 0.835. The number of thiazole rings is 1. The highest BCUT2D eigenvalue weighted by Crippen LogP contribution is 2.34. The van der Waals surface area contributed by atoms with Gasteiger partial charge in [0.05, 0.1) is 23.2 Å². The second kappa shape index (κ2) is 7.84. The van der Waals surface area contributed by atoms with Gasteiger partial charge in [-0.2, -0.15) is 4.98 Å². The molecule has 0 spiro atoms. The molecule has 0 atom stereocenters. The van der Waals surface area contributed by atoms with Gasteiger partial charge in [-0.3, -0.25) is 4.72 Å². The van der Waals surface area contributed by atoms with Crippen molar-refractivity contribution in [1.82, 2.24) is 15.0 Å². The van der Waals surface area contributed by atoms with Crippen LogP contribution in [0.1, 0.15) is 5.56 Å².